The van der Waals surface area contributed by atoms with E-state index in [1.807, 2.05) is 61.5 Å². The monoisotopic (exact) mass is 308 g/mol. The van der Waals surface area contributed by atoms with Gasteiger partial charge in [-0.05, 0) is 37.0 Å². The van der Waals surface area contributed by atoms with Gasteiger partial charge in [-0.1, -0.05) is 54.6 Å². The number of ether oxygens (including phenoxy) is 1. The Morgan fingerprint density at radius 1 is 1.13 bits per heavy atom. The standard InChI is InChI=1S/C21H24O2/c1-3-5-6-9-15-23-16-17(4-2)21(22)20-14-10-12-18-11-7-8-13-19(18)20/h3-4,7-8,10-14H,1,5-6,9,15-16H2,2H3/b17-4-. The van der Waals surface area contributed by atoms with Crippen molar-refractivity contribution in [3.63, 3.8) is 0 Å². The van der Waals surface area contributed by atoms with Crippen LogP contribution in [0.1, 0.15) is 36.5 Å². The zero-order valence-electron chi connectivity index (χ0n) is 13.8. The lowest BCUT2D eigenvalue weighted by Gasteiger charge is -2.10. The van der Waals surface area contributed by atoms with Crippen LogP contribution in [-0.4, -0.2) is 19.0 Å². The maximum absolute atomic E-state index is 12.8. The first-order valence-electron chi connectivity index (χ1n) is 8.14. The lowest BCUT2D eigenvalue weighted by atomic mass is 9.97. The fourth-order valence-electron chi connectivity index (χ4n) is 2.55. The predicted octanol–water partition coefficient (Wildman–Crippen LogP) is 5.34. The highest BCUT2D eigenvalue weighted by Gasteiger charge is 2.14. The molecule has 2 nitrogen and oxygen atoms in total. The van der Waals surface area contributed by atoms with E-state index in [9.17, 15) is 4.79 Å². The van der Waals surface area contributed by atoms with Crippen LogP contribution >= 0.6 is 0 Å². The molecule has 0 atom stereocenters. The Balaban J connectivity index is 2.03. The number of hydrogen-bond acceptors (Lipinski definition) is 2. The highest BCUT2D eigenvalue weighted by Crippen LogP contribution is 2.21. The van der Waals surface area contributed by atoms with Gasteiger partial charge in [0.1, 0.15) is 0 Å². The van der Waals surface area contributed by atoms with Crippen LogP contribution in [0.2, 0.25) is 0 Å². The predicted molar refractivity (Wildman–Crippen MR) is 96.9 cm³/mol. The molecule has 23 heavy (non-hydrogen) atoms. The number of ketones is 1. The summed E-state index contributed by atoms with van der Waals surface area (Å²) in [5.41, 5.74) is 1.46. The number of Topliss-reactive ketones (excluding diaryl/α,β-unsaturated/α-hetero) is 1. The second kappa shape index (κ2) is 9.06. The number of allylic oxidation sites excluding steroid dienone is 2. The Kier molecular flexibility index (Phi) is 6.76. The fourth-order valence-corrected chi connectivity index (χ4v) is 2.55. The highest BCUT2D eigenvalue weighted by molar-refractivity contribution is 6.16. The Labute approximate surface area is 138 Å². The average molecular weight is 308 g/mol. The maximum atomic E-state index is 12.8. The molecule has 0 aromatic heterocycles. The van der Waals surface area contributed by atoms with Gasteiger partial charge in [-0.3, -0.25) is 4.79 Å². The van der Waals surface area contributed by atoms with Gasteiger partial charge in [0.2, 0.25) is 0 Å². The van der Waals surface area contributed by atoms with Crippen LogP contribution in [0.5, 0.6) is 0 Å². The van der Waals surface area contributed by atoms with Crippen LogP contribution < -0.4 is 0 Å². The Morgan fingerprint density at radius 2 is 1.91 bits per heavy atom. The quantitative estimate of drug-likeness (QED) is 0.270. The SMILES string of the molecule is C=CCCCCOC/C(=C/C)C(=O)c1cccc2ccccc12. The van der Waals surface area contributed by atoms with Crippen molar-refractivity contribution in [3.05, 3.63) is 72.3 Å². The van der Waals surface area contributed by atoms with Crippen LogP contribution in [0.3, 0.4) is 0 Å². The van der Waals surface area contributed by atoms with Crippen LogP contribution in [-0.2, 0) is 4.74 Å². The van der Waals surface area contributed by atoms with Crippen molar-refractivity contribution in [1.29, 1.82) is 0 Å². The van der Waals surface area contributed by atoms with Gasteiger partial charge in [0, 0.05) is 17.7 Å². The third-order valence-corrected chi connectivity index (χ3v) is 3.88. The van der Waals surface area contributed by atoms with Gasteiger partial charge >= 0.3 is 0 Å². The lowest BCUT2D eigenvalue weighted by Crippen LogP contribution is -2.10. The summed E-state index contributed by atoms with van der Waals surface area (Å²) in [5.74, 6) is 0.0513. The smallest absolute Gasteiger partial charge is 0.191 e. The summed E-state index contributed by atoms with van der Waals surface area (Å²) < 4.78 is 5.66. The van der Waals surface area contributed by atoms with Crippen LogP contribution in [0.25, 0.3) is 10.8 Å². The molecule has 0 radical (unpaired) electrons. The van der Waals surface area contributed by atoms with E-state index in [-0.39, 0.29) is 5.78 Å². The van der Waals surface area contributed by atoms with Crippen molar-refractivity contribution in [2.45, 2.75) is 26.2 Å². The molecule has 0 bridgehead atoms. The number of unbranched alkanes of at least 4 members (excludes halogenated alkanes) is 2. The second-order valence-corrected chi connectivity index (χ2v) is 5.51. The summed E-state index contributed by atoms with van der Waals surface area (Å²) in [6.45, 7) is 6.64. The van der Waals surface area contributed by atoms with E-state index in [4.69, 9.17) is 4.74 Å². The molecule has 2 rings (SSSR count). The van der Waals surface area contributed by atoms with E-state index in [1.165, 1.54) is 0 Å². The molecule has 0 spiro atoms. The average Bonchev–Trinajstić information content (AvgIpc) is 2.60. The van der Waals surface area contributed by atoms with Crippen molar-refractivity contribution < 1.29 is 9.53 Å². The minimum Gasteiger partial charge on any atom is -0.377 e. The topological polar surface area (TPSA) is 26.3 Å². The van der Waals surface area contributed by atoms with Gasteiger partial charge in [0.15, 0.2) is 5.78 Å². The van der Waals surface area contributed by atoms with Crippen molar-refractivity contribution in [1.82, 2.24) is 0 Å². The molecule has 2 heteroatoms. The summed E-state index contributed by atoms with van der Waals surface area (Å²) in [7, 11) is 0. The number of fused-ring (bicyclic) bond motifs is 1. The number of hydrogen-bond donors (Lipinski definition) is 0. The van der Waals surface area contributed by atoms with Crippen LogP contribution in [0.15, 0.2) is 66.8 Å². The molecule has 0 aliphatic rings. The first-order valence-corrected chi connectivity index (χ1v) is 8.14. The molecule has 0 amide bonds. The van der Waals surface area contributed by atoms with Gasteiger partial charge in [0.25, 0.3) is 0 Å². The number of carbonyl (C=O) groups excluding carboxylic acids is 1. The molecule has 2 aromatic carbocycles. The van der Waals surface area contributed by atoms with Crippen molar-refractivity contribution >= 4 is 16.6 Å². The Hall–Kier alpha value is -2.19. The fraction of sp³-hybridized carbons (Fsp3) is 0.286. The summed E-state index contributed by atoms with van der Waals surface area (Å²) >= 11 is 0. The highest BCUT2D eigenvalue weighted by atomic mass is 16.5. The molecule has 0 heterocycles. The van der Waals surface area contributed by atoms with E-state index in [0.717, 1.165) is 35.6 Å². The third-order valence-electron chi connectivity index (χ3n) is 3.88. The number of rotatable bonds is 9. The molecule has 0 N–H and O–H groups in total. The lowest BCUT2D eigenvalue weighted by molar-refractivity contribution is 0.0981. The summed E-state index contributed by atoms with van der Waals surface area (Å²) in [4.78, 5) is 12.8. The molecule has 0 unspecified atom stereocenters. The molecular formula is C21H24O2. The Bertz CT molecular complexity index is 693. The molecule has 0 saturated heterocycles. The molecule has 2 aromatic rings. The van der Waals surface area contributed by atoms with Crippen molar-refractivity contribution in [2.75, 3.05) is 13.2 Å². The van der Waals surface area contributed by atoms with Crippen molar-refractivity contribution in [2.24, 2.45) is 0 Å². The first-order chi connectivity index (χ1) is 11.3. The van der Waals surface area contributed by atoms with E-state index < -0.39 is 0 Å². The normalized spacial score (nSPS) is 11.6. The third kappa shape index (κ3) is 4.64. The molecular weight excluding hydrogens is 284 g/mol. The van der Waals surface area contributed by atoms with Gasteiger partial charge in [0.05, 0.1) is 6.61 Å². The van der Waals surface area contributed by atoms with E-state index in [2.05, 4.69) is 6.58 Å². The molecule has 0 aliphatic carbocycles. The van der Waals surface area contributed by atoms with E-state index in [0.29, 0.717) is 18.8 Å². The molecule has 120 valence electrons. The first kappa shape index (κ1) is 17.2. The molecule has 0 fully saturated rings. The number of benzene rings is 2. The van der Waals surface area contributed by atoms with Gasteiger partial charge in [-0.15, -0.1) is 6.58 Å². The maximum Gasteiger partial charge on any atom is 0.191 e. The zero-order chi connectivity index (χ0) is 16.5. The zero-order valence-corrected chi connectivity index (χ0v) is 13.8. The summed E-state index contributed by atoms with van der Waals surface area (Å²) in [5, 5.41) is 2.07. The second-order valence-electron chi connectivity index (χ2n) is 5.51. The summed E-state index contributed by atoms with van der Waals surface area (Å²) in [6, 6.07) is 13.8. The van der Waals surface area contributed by atoms with Gasteiger partial charge in [-0.2, -0.15) is 0 Å². The largest absolute Gasteiger partial charge is 0.377 e. The van der Waals surface area contributed by atoms with Crippen molar-refractivity contribution in [3.8, 4) is 0 Å². The minimum atomic E-state index is 0.0513. The van der Waals surface area contributed by atoms with Crippen LogP contribution in [0, 0.1) is 0 Å². The van der Waals surface area contributed by atoms with Gasteiger partial charge < -0.3 is 4.74 Å². The van der Waals surface area contributed by atoms with Crippen LogP contribution in [0.4, 0.5) is 0 Å². The number of carbonyl (C=O) groups is 1. The Morgan fingerprint density at radius 3 is 2.70 bits per heavy atom. The van der Waals surface area contributed by atoms with Gasteiger partial charge in [-0.25, -0.2) is 0 Å². The summed E-state index contributed by atoms with van der Waals surface area (Å²) in [6.07, 6.45) is 6.85. The minimum absolute atomic E-state index is 0.0513. The molecule has 0 aliphatic heterocycles. The van der Waals surface area contributed by atoms with E-state index in [1.54, 1.807) is 0 Å². The van der Waals surface area contributed by atoms with E-state index >= 15 is 0 Å². The molecule has 0 saturated carbocycles.